The maximum absolute atomic E-state index is 10.3. The van der Waals surface area contributed by atoms with Gasteiger partial charge in [-0.25, -0.2) is 0 Å². The van der Waals surface area contributed by atoms with E-state index < -0.39 is 0 Å². The lowest BCUT2D eigenvalue weighted by Crippen LogP contribution is -2.23. The average Bonchev–Trinajstić information content (AvgIpc) is 2.75. The summed E-state index contributed by atoms with van der Waals surface area (Å²) in [4.78, 5) is 0. The molecule has 1 aromatic rings. The van der Waals surface area contributed by atoms with Crippen molar-refractivity contribution in [1.29, 1.82) is 0 Å². The second-order valence-corrected chi connectivity index (χ2v) is 6.86. The van der Waals surface area contributed by atoms with Crippen LogP contribution in [0.15, 0.2) is 24.3 Å². The minimum atomic E-state index is -0.287. The van der Waals surface area contributed by atoms with Crippen molar-refractivity contribution in [3.63, 3.8) is 0 Å². The van der Waals surface area contributed by atoms with Crippen LogP contribution < -0.4 is 0 Å². The summed E-state index contributed by atoms with van der Waals surface area (Å²) < 4.78 is 5.53. The van der Waals surface area contributed by atoms with E-state index in [1.165, 1.54) is 11.1 Å². The summed E-state index contributed by atoms with van der Waals surface area (Å²) in [6, 6.07) is 8.64. The Kier molecular flexibility index (Phi) is 4.32. The molecule has 3 atom stereocenters. The van der Waals surface area contributed by atoms with Crippen LogP contribution in [0.4, 0.5) is 0 Å². The Morgan fingerprint density at radius 1 is 1.26 bits per heavy atom. The van der Waals surface area contributed by atoms with Gasteiger partial charge in [0.05, 0.1) is 18.8 Å². The predicted octanol–water partition coefficient (Wildman–Crippen LogP) is 3.31. The zero-order valence-corrected chi connectivity index (χ0v) is 12.5. The van der Waals surface area contributed by atoms with Crippen LogP contribution in [0.3, 0.4) is 0 Å². The number of hydrogen-bond acceptors (Lipinski definition) is 2. The molecule has 1 aromatic carbocycles. The molecule has 2 rings (SSSR count). The normalized spacial score (nSPS) is 25.5. The quantitative estimate of drug-likeness (QED) is 0.905. The maximum Gasteiger partial charge on any atom is 0.0631 e. The molecular formula is C17H26O2. The number of benzene rings is 1. The van der Waals surface area contributed by atoms with Gasteiger partial charge >= 0.3 is 0 Å². The molecule has 1 N–H and O–H groups in total. The van der Waals surface area contributed by atoms with Crippen molar-refractivity contribution in [3.8, 4) is 0 Å². The minimum absolute atomic E-state index is 0.186. The van der Waals surface area contributed by atoms with E-state index in [4.69, 9.17) is 4.74 Å². The summed E-state index contributed by atoms with van der Waals surface area (Å²) in [6.45, 7) is 9.42. The zero-order chi connectivity index (χ0) is 14.0. The minimum Gasteiger partial charge on any atom is -0.392 e. The first-order valence-corrected chi connectivity index (χ1v) is 7.25. The summed E-state index contributed by atoms with van der Waals surface area (Å²) in [7, 11) is 0. The number of rotatable bonds is 3. The first kappa shape index (κ1) is 14.5. The highest BCUT2D eigenvalue weighted by Crippen LogP contribution is 2.26. The second kappa shape index (κ2) is 5.64. The maximum atomic E-state index is 10.3. The van der Waals surface area contributed by atoms with Crippen LogP contribution in [0.1, 0.15) is 45.2 Å². The highest BCUT2D eigenvalue weighted by Gasteiger charge is 2.28. The molecule has 0 aromatic heterocycles. The summed E-state index contributed by atoms with van der Waals surface area (Å²) in [5.74, 6) is 0.289. The zero-order valence-electron chi connectivity index (χ0n) is 12.5. The fourth-order valence-electron chi connectivity index (χ4n) is 2.67. The van der Waals surface area contributed by atoms with Gasteiger partial charge in [0.25, 0.3) is 0 Å². The van der Waals surface area contributed by atoms with E-state index in [1.807, 2.05) is 0 Å². The number of ether oxygens (including phenoxy) is 1. The van der Waals surface area contributed by atoms with Crippen LogP contribution in [-0.4, -0.2) is 23.9 Å². The van der Waals surface area contributed by atoms with Gasteiger partial charge in [0.15, 0.2) is 0 Å². The van der Waals surface area contributed by atoms with Crippen molar-refractivity contribution in [1.82, 2.24) is 0 Å². The van der Waals surface area contributed by atoms with Gasteiger partial charge < -0.3 is 9.84 Å². The number of hydrogen-bond donors (Lipinski definition) is 1. The summed E-state index contributed by atoms with van der Waals surface area (Å²) >= 11 is 0. The molecule has 1 saturated heterocycles. The van der Waals surface area contributed by atoms with Gasteiger partial charge in [-0.2, -0.15) is 0 Å². The van der Waals surface area contributed by atoms with E-state index in [2.05, 4.69) is 52.0 Å². The molecule has 0 amide bonds. The van der Waals surface area contributed by atoms with Crippen molar-refractivity contribution in [3.05, 3.63) is 35.4 Å². The predicted molar refractivity (Wildman–Crippen MR) is 78.4 cm³/mol. The van der Waals surface area contributed by atoms with Gasteiger partial charge in [-0.1, -0.05) is 45.0 Å². The van der Waals surface area contributed by atoms with E-state index in [0.717, 1.165) is 12.8 Å². The Morgan fingerprint density at radius 3 is 2.37 bits per heavy atom. The third-order valence-electron chi connectivity index (χ3n) is 4.04. The van der Waals surface area contributed by atoms with Crippen molar-refractivity contribution < 1.29 is 9.84 Å². The average molecular weight is 262 g/mol. The van der Waals surface area contributed by atoms with Crippen LogP contribution in [0.5, 0.6) is 0 Å². The van der Waals surface area contributed by atoms with Gasteiger partial charge in [0, 0.05) is 5.92 Å². The van der Waals surface area contributed by atoms with Crippen LogP contribution in [0.2, 0.25) is 0 Å². The monoisotopic (exact) mass is 262 g/mol. The third-order valence-corrected chi connectivity index (χ3v) is 4.04. The Morgan fingerprint density at radius 2 is 1.89 bits per heavy atom. The van der Waals surface area contributed by atoms with Crippen LogP contribution >= 0.6 is 0 Å². The lowest BCUT2D eigenvalue weighted by Gasteiger charge is -2.20. The topological polar surface area (TPSA) is 29.5 Å². The van der Waals surface area contributed by atoms with Crippen molar-refractivity contribution >= 4 is 0 Å². The first-order chi connectivity index (χ1) is 8.86. The van der Waals surface area contributed by atoms with Gasteiger partial charge in [0.2, 0.25) is 0 Å². The van der Waals surface area contributed by atoms with Crippen molar-refractivity contribution in [2.75, 3.05) is 6.61 Å². The molecule has 0 aliphatic carbocycles. The van der Waals surface area contributed by atoms with Crippen molar-refractivity contribution in [2.24, 2.45) is 5.92 Å². The lowest BCUT2D eigenvalue weighted by molar-refractivity contribution is 0.0807. The van der Waals surface area contributed by atoms with Crippen LogP contribution in [-0.2, 0) is 16.6 Å². The summed E-state index contributed by atoms with van der Waals surface area (Å²) in [5, 5.41) is 10.3. The standard InChI is InChI=1S/C17H26O2/c1-12-9-14(11-19-12)16(18)10-13-5-7-15(8-6-13)17(2,3)4/h5-8,12,14,16,18H,9-11H2,1-4H3. The molecule has 19 heavy (non-hydrogen) atoms. The molecule has 106 valence electrons. The highest BCUT2D eigenvalue weighted by atomic mass is 16.5. The molecule has 0 spiro atoms. The molecule has 1 heterocycles. The Hall–Kier alpha value is -0.860. The van der Waals surface area contributed by atoms with Gasteiger partial charge in [-0.3, -0.25) is 0 Å². The van der Waals surface area contributed by atoms with Crippen LogP contribution in [0.25, 0.3) is 0 Å². The molecule has 2 nitrogen and oxygen atoms in total. The van der Waals surface area contributed by atoms with E-state index in [0.29, 0.717) is 12.7 Å². The molecule has 1 aliphatic heterocycles. The Bertz CT molecular complexity index is 402. The molecule has 0 bridgehead atoms. The Labute approximate surface area is 116 Å². The van der Waals surface area contributed by atoms with E-state index in [1.54, 1.807) is 0 Å². The molecule has 0 saturated carbocycles. The highest BCUT2D eigenvalue weighted by molar-refractivity contribution is 5.27. The molecule has 3 unspecified atom stereocenters. The first-order valence-electron chi connectivity index (χ1n) is 7.25. The summed E-state index contributed by atoms with van der Waals surface area (Å²) in [6.07, 6.45) is 1.71. The van der Waals surface area contributed by atoms with Gasteiger partial charge in [-0.05, 0) is 36.3 Å². The molecule has 2 heteroatoms. The molecular weight excluding hydrogens is 236 g/mol. The van der Waals surface area contributed by atoms with Gasteiger partial charge in [0.1, 0.15) is 0 Å². The fraction of sp³-hybridized carbons (Fsp3) is 0.647. The smallest absolute Gasteiger partial charge is 0.0631 e. The summed E-state index contributed by atoms with van der Waals surface area (Å²) in [5.41, 5.74) is 2.73. The molecule has 1 aliphatic rings. The van der Waals surface area contributed by atoms with Gasteiger partial charge in [-0.15, -0.1) is 0 Å². The van der Waals surface area contributed by atoms with E-state index >= 15 is 0 Å². The Balaban J connectivity index is 1.96. The SMILES string of the molecule is CC1CC(C(O)Cc2ccc(C(C)(C)C)cc2)CO1. The largest absolute Gasteiger partial charge is 0.392 e. The molecule has 1 fully saturated rings. The lowest BCUT2D eigenvalue weighted by atomic mass is 9.86. The third kappa shape index (κ3) is 3.80. The van der Waals surface area contributed by atoms with E-state index in [9.17, 15) is 5.11 Å². The number of aliphatic hydroxyl groups is 1. The van der Waals surface area contributed by atoms with Crippen molar-refractivity contribution in [2.45, 2.75) is 58.2 Å². The van der Waals surface area contributed by atoms with E-state index in [-0.39, 0.29) is 17.4 Å². The molecule has 0 radical (unpaired) electrons. The second-order valence-electron chi connectivity index (χ2n) is 6.86. The number of aliphatic hydroxyl groups excluding tert-OH is 1. The van der Waals surface area contributed by atoms with Crippen LogP contribution in [0, 0.1) is 5.92 Å². The fourth-order valence-corrected chi connectivity index (χ4v) is 2.67.